The van der Waals surface area contributed by atoms with Crippen LogP contribution in [0, 0.1) is 11.3 Å². The van der Waals surface area contributed by atoms with Crippen molar-refractivity contribution < 1.29 is 0 Å². The molecule has 0 aliphatic heterocycles. The zero-order chi connectivity index (χ0) is 26.6. The minimum absolute atomic E-state index is 0.0245. The van der Waals surface area contributed by atoms with E-state index >= 15 is 0 Å². The Morgan fingerprint density at radius 3 is 2.58 bits per heavy atom. The molecule has 0 bridgehead atoms. The first-order chi connectivity index (χ1) is 18.2. The van der Waals surface area contributed by atoms with E-state index in [9.17, 15) is 4.79 Å². The second kappa shape index (κ2) is 10.0. The van der Waals surface area contributed by atoms with Crippen LogP contribution in [0.1, 0.15) is 48.8 Å². The monoisotopic (exact) mass is 582 g/mol. The highest BCUT2D eigenvalue weighted by Crippen LogP contribution is 2.43. The summed E-state index contributed by atoms with van der Waals surface area (Å²) in [5.74, 6) is 1.83. The smallest absolute Gasteiger partial charge is 0.264 e. The summed E-state index contributed by atoms with van der Waals surface area (Å²) in [6.45, 7) is 7.40. The third-order valence-corrected chi connectivity index (χ3v) is 10.5. The number of hydrogen-bond acceptors (Lipinski definition) is 5. The van der Waals surface area contributed by atoms with Crippen molar-refractivity contribution in [2.24, 2.45) is 11.3 Å². The van der Waals surface area contributed by atoms with Crippen LogP contribution < -0.4 is 5.56 Å². The first-order valence-corrected chi connectivity index (χ1v) is 15.3. The maximum absolute atomic E-state index is 14.1. The van der Waals surface area contributed by atoms with E-state index in [1.165, 1.54) is 10.4 Å². The van der Waals surface area contributed by atoms with Gasteiger partial charge in [0.05, 0.1) is 22.0 Å². The molecule has 6 rings (SSSR count). The normalized spacial score (nSPS) is 15.9. The van der Waals surface area contributed by atoms with Gasteiger partial charge in [-0.05, 0) is 59.4 Å². The van der Waals surface area contributed by atoms with E-state index in [0.717, 1.165) is 45.8 Å². The number of thiophene rings is 1. The first-order valence-electron chi connectivity index (χ1n) is 12.7. The number of aromatic nitrogens is 4. The number of hydrogen-bond donors (Lipinski definition) is 0. The van der Waals surface area contributed by atoms with Crippen LogP contribution in [0.2, 0.25) is 10.0 Å². The molecule has 3 heterocycles. The molecule has 196 valence electrons. The van der Waals surface area contributed by atoms with Crippen molar-refractivity contribution in [3.8, 4) is 0 Å². The highest BCUT2D eigenvalue weighted by atomic mass is 35.5. The van der Waals surface area contributed by atoms with Crippen LogP contribution in [-0.2, 0) is 25.1 Å². The van der Waals surface area contributed by atoms with Gasteiger partial charge in [-0.1, -0.05) is 92.1 Å². The Hall–Kier alpha value is -2.32. The zero-order valence-corrected chi connectivity index (χ0v) is 24.6. The van der Waals surface area contributed by atoms with Crippen LogP contribution in [0.3, 0.4) is 0 Å². The average molecular weight is 584 g/mol. The Morgan fingerprint density at radius 1 is 1.05 bits per heavy atom. The second-order valence-electron chi connectivity index (χ2n) is 11.0. The molecular formula is C29H28Cl2N4OS2. The van der Waals surface area contributed by atoms with E-state index in [-0.39, 0.29) is 11.0 Å². The Labute approximate surface area is 239 Å². The molecule has 0 spiro atoms. The molecule has 3 aromatic heterocycles. The fourth-order valence-corrected chi connectivity index (χ4v) is 7.98. The van der Waals surface area contributed by atoms with E-state index in [1.54, 1.807) is 27.7 Å². The molecule has 5 aromatic rings. The van der Waals surface area contributed by atoms with Crippen molar-refractivity contribution in [1.82, 2.24) is 19.2 Å². The molecular weight excluding hydrogens is 555 g/mol. The van der Waals surface area contributed by atoms with Gasteiger partial charge in [0.15, 0.2) is 5.16 Å². The van der Waals surface area contributed by atoms with Gasteiger partial charge in [0.1, 0.15) is 4.83 Å². The minimum Gasteiger partial charge on any atom is -0.272 e. The lowest BCUT2D eigenvalue weighted by Gasteiger charge is -2.33. The number of halogens is 2. The lowest BCUT2D eigenvalue weighted by Crippen LogP contribution is -2.27. The molecule has 5 nitrogen and oxygen atoms in total. The first kappa shape index (κ1) is 25.9. The highest BCUT2D eigenvalue weighted by molar-refractivity contribution is 7.98. The van der Waals surface area contributed by atoms with E-state index < -0.39 is 0 Å². The SMILES string of the molecule is CC(C)(C)C1CCc2c(sc3c2c(=O)n(Cc2ccccc2)c2nnc(SCc4ccc(Cl)c(Cl)c4)n32)C1. The van der Waals surface area contributed by atoms with Crippen LogP contribution in [0.15, 0.2) is 58.5 Å². The minimum atomic E-state index is 0.0245. The van der Waals surface area contributed by atoms with Gasteiger partial charge in [0.2, 0.25) is 5.78 Å². The van der Waals surface area contributed by atoms with Gasteiger partial charge in [-0.25, -0.2) is 4.40 Å². The van der Waals surface area contributed by atoms with Gasteiger partial charge in [-0.3, -0.25) is 9.36 Å². The van der Waals surface area contributed by atoms with Crippen LogP contribution in [-0.4, -0.2) is 19.2 Å². The maximum atomic E-state index is 14.1. The molecule has 9 heteroatoms. The highest BCUT2D eigenvalue weighted by Gasteiger charge is 2.33. The Kier molecular flexibility index (Phi) is 6.83. The van der Waals surface area contributed by atoms with E-state index in [4.69, 9.17) is 23.2 Å². The second-order valence-corrected chi connectivity index (χ2v) is 13.9. The molecule has 38 heavy (non-hydrogen) atoms. The van der Waals surface area contributed by atoms with Crippen molar-refractivity contribution in [3.63, 3.8) is 0 Å². The molecule has 1 aliphatic rings. The number of rotatable bonds is 5. The number of aryl methyl sites for hydroxylation is 1. The summed E-state index contributed by atoms with van der Waals surface area (Å²) in [7, 11) is 0. The van der Waals surface area contributed by atoms with Crippen molar-refractivity contribution >= 4 is 62.3 Å². The Bertz CT molecular complexity index is 1720. The fourth-order valence-electron chi connectivity index (χ4n) is 5.31. The van der Waals surface area contributed by atoms with Crippen molar-refractivity contribution in [1.29, 1.82) is 0 Å². The molecule has 1 aliphatic carbocycles. The molecule has 0 amide bonds. The molecule has 0 radical (unpaired) electrons. The third-order valence-electron chi connectivity index (χ3n) is 7.53. The molecule has 1 atom stereocenters. The number of thioether (sulfide) groups is 1. The predicted molar refractivity (Wildman–Crippen MR) is 159 cm³/mol. The van der Waals surface area contributed by atoms with Gasteiger partial charge in [-0.15, -0.1) is 21.5 Å². The molecule has 0 fully saturated rings. The molecule has 2 aromatic carbocycles. The zero-order valence-electron chi connectivity index (χ0n) is 21.5. The van der Waals surface area contributed by atoms with Gasteiger partial charge >= 0.3 is 0 Å². The molecule has 0 N–H and O–H groups in total. The van der Waals surface area contributed by atoms with Gasteiger partial charge in [0.25, 0.3) is 5.56 Å². The summed E-state index contributed by atoms with van der Waals surface area (Å²) in [6.07, 6.45) is 3.03. The van der Waals surface area contributed by atoms with Gasteiger partial charge in [-0.2, -0.15) is 0 Å². The van der Waals surface area contributed by atoms with E-state index in [2.05, 4.69) is 35.4 Å². The Morgan fingerprint density at radius 2 is 1.84 bits per heavy atom. The van der Waals surface area contributed by atoms with Crippen LogP contribution in [0.5, 0.6) is 0 Å². The van der Waals surface area contributed by atoms with Crippen LogP contribution in [0.25, 0.3) is 16.0 Å². The fraction of sp³-hybridized carbons (Fsp3) is 0.345. The predicted octanol–water partition coefficient (Wildman–Crippen LogP) is 7.90. The molecule has 0 saturated heterocycles. The van der Waals surface area contributed by atoms with Crippen LogP contribution >= 0.6 is 46.3 Å². The van der Waals surface area contributed by atoms with E-state index in [0.29, 0.717) is 34.0 Å². The summed E-state index contributed by atoms with van der Waals surface area (Å²) >= 11 is 15.7. The number of fused-ring (bicyclic) bond motifs is 5. The number of benzene rings is 2. The molecule has 0 saturated carbocycles. The van der Waals surface area contributed by atoms with Crippen LogP contribution in [0.4, 0.5) is 0 Å². The summed E-state index contributed by atoms with van der Waals surface area (Å²) < 4.78 is 3.88. The topological polar surface area (TPSA) is 52.2 Å². The summed E-state index contributed by atoms with van der Waals surface area (Å²) in [5, 5.41) is 11.8. The standard InChI is InChI=1S/C29H28Cl2N4OS2/c1-29(2,3)19-10-11-20-23(14-19)38-26-24(20)25(36)34(15-17-7-5-4-6-8-17)27-32-33-28(35(26)27)37-16-18-9-12-21(30)22(31)13-18/h4-9,12-13,19H,10-11,14-16H2,1-3H3. The average Bonchev–Trinajstić information content (AvgIpc) is 3.48. The quantitative estimate of drug-likeness (QED) is 0.197. The van der Waals surface area contributed by atoms with E-state index in [1.807, 2.05) is 48.5 Å². The summed E-state index contributed by atoms with van der Waals surface area (Å²) in [5.41, 5.74) is 3.58. The maximum Gasteiger partial charge on any atom is 0.264 e. The van der Waals surface area contributed by atoms with Crippen molar-refractivity contribution in [3.05, 3.63) is 90.5 Å². The summed E-state index contributed by atoms with van der Waals surface area (Å²) in [4.78, 5) is 16.4. The third kappa shape index (κ3) is 4.68. The lowest BCUT2D eigenvalue weighted by atomic mass is 9.72. The van der Waals surface area contributed by atoms with Gasteiger partial charge in [0, 0.05) is 10.6 Å². The van der Waals surface area contributed by atoms with Crippen molar-refractivity contribution in [2.75, 3.05) is 0 Å². The summed E-state index contributed by atoms with van der Waals surface area (Å²) in [6, 6.07) is 15.7. The number of nitrogens with zero attached hydrogens (tertiary/aromatic N) is 4. The lowest BCUT2D eigenvalue weighted by molar-refractivity contribution is 0.218. The van der Waals surface area contributed by atoms with Gasteiger partial charge < -0.3 is 0 Å². The molecule has 1 unspecified atom stereocenters. The van der Waals surface area contributed by atoms with Crippen molar-refractivity contribution in [2.45, 2.75) is 57.5 Å². The largest absolute Gasteiger partial charge is 0.272 e. The Balaban J connectivity index is 1.50.